The van der Waals surface area contributed by atoms with E-state index in [0.29, 0.717) is 16.9 Å². The van der Waals surface area contributed by atoms with Crippen LogP contribution in [-0.2, 0) is 14.8 Å². The van der Waals surface area contributed by atoms with Gasteiger partial charge < -0.3 is 9.84 Å². The second-order valence-electron chi connectivity index (χ2n) is 4.13. The van der Waals surface area contributed by atoms with E-state index in [-0.39, 0.29) is 17.9 Å². The van der Waals surface area contributed by atoms with Crippen molar-refractivity contribution < 1.29 is 23.1 Å². The van der Waals surface area contributed by atoms with Crippen LogP contribution in [-0.4, -0.2) is 33.1 Å². The molecule has 0 amide bonds. The number of methoxy groups -OCH3 is 1. The molecule has 0 saturated heterocycles. The Morgan fingerprint density at radius 3 is 2.47 bits per heavy atom. The molecule has 1 aromatic carbocycles. The fraction of sp³-hybridized carbons (Fsp3) is 0.417. The molecule has 0 aliphatic heterocycles. The van der Waals surface area contributed by atoms with E-state index in [0.717, 1.165) is 0 Å². The molecule has 0 radical (unpaired) electrons. The number of carboxylic acid groups (broad SMARTS) is 1. The molecule has 2 N–H and O–H groups in total. The minimum absolute atomic E-state index is 0.135. The first kappa shape index (κ1) is 15.5. The zero-order valence-electron chi connectivity index (χ0n) is 11.1. The summed E-state index contributed by atoms with van der Waals surface area (Å²) >= 11 is 0. The van der Waals surface area contributed by atoms with Crippen molar-refractivity contribution in [3.63, 3.8) is 0 Å². The van der Waals surface area contributed by atoms with Gasteiger partial charge >= 0.3 is 5.97 Å². The summed E-state index contributed by atoms with van der Waals surface area (Å²) in [6.07, 6.45) is -0.257. The van der Waals surface area contributed by atoms with Gasteiger partial charge in [-0.3, -0.25) is 4.79 Å². The molecule has 0 saturated carbocycles. The predicted octanol–water partition coefficient (Wildman–Crippen LogP) is 1.07. The molecular weight excluding hydrogens is 270 g/mol. The molecule has 0 spiro atoms. The molecule has 1 aromatic rings. The van der Waals surface area contributed by atoms with E-state index in [9.17, 15) is 13.2 Å². The first-order valence-electron chi connectivity index (χ1n) is 5.64. The van der Waals surface area contributed by atoms with Crippen LogP contribution in [0.1, 0.15) is 17.5 Å². The number of hydrogen-bond acceptors (Lipinski definition) is 4. The molecule has 7 heteroatoms. The van der Waals surface area contributed by atoms with Gasteiger partial charge in [-0.25, -0.2) is 13.1 Å². The summed E-state index contributed by atoms with van der Waals surface area (Å²) in [4.78, 5) is 10.5. The van der Waals surface area contributed by atoms with Crippen molar-refractivity contribution >= 4 is 16.0 Å². The topological polar surface area (TPSA) is 92.7 Å². The van der Waals surface area contributed by atoms with Gasteiger partial charge in [0, 0.05) is 6.54 Å². The van der Waals surface area contributed by atoms with Crippen LogP contribution in [0.25, 0.3) is 0 Å². The third-order valence-corrected chi connectivity index (χ3v) is 4.22. The van der Waals surface area contributed by atoms with Gasteiger partial charge in [-0.15, -0.1) is 0 Å². The number of sulfonamides is 1. The average molecular weight is 287 g/mol. The van der Waals surface area contributed by atoms with E-state index in [2.05, 4.69) is 4.72 Å². The molecule has 0 heterocycles. The lowest BCUT2D eigenvalue weighted by Crippen LogP contribution is -2.27. The zero-order valence-corrected chi connectivity index (χ0v) is 11.9. The van der Waals surface area contributed by atoms with E-state index < -0.39 is 16.0 Å². The molecule has 0 bridgehead atoms. The van der Waals surface area contributed by atoms with Crippen molar-refractivity contribution in [2.24, 2.45) is 0 Å². The van der Waals surface area contributed by atoms with Crippen LogP contribution in [0, 0.1) is 13.8 Å². The van der Waals surface area contributed by atoms with Crippen LogP contribution in [0.15, 0.2) is 17.0 Å². The van der Waals surface area contributed by atoms with E-state index in [1.165, 1.54) is 13.2 Å². The summed E-state index contributed by atoms with van der Waals surface area (Å²) in [6.45, 7) is 3.27. The second kappa shape index (κ2) is 6.03. The molecule has 0 fully saturated rings. The standard InChI is InChI=1S/C12H17NO5S/c1-8-7-11(9(2)6-10(8)18-3)19(16,17)13-5-4-12(14)15/h6-7,13H,4-5H2,1-3H3,(H,14,15). The lowest BCUT2D eigenvalue weighted by Gasteiger charge is -2.12. The fourth-order valence-electron chi connectivity index (χ4n) is 1.64. The summed E-state index contributed by atoms with van der Waals surface area (Å²) in [6, 6.07) is 3.15. The van der Waals surface area contributed by atoms with Gasteiger partial charge in [-0.2, -0.15) is 0 Å². The summed E-state index contributed by atoms with van der Waals surface area (Å²) in [5.74, 6) is -0.438. The Kier molecular flexibility index (Phi) is 4.90. The van der Waals surface area contributed by atoms with Crippen LogP contribution in [0.4, 0.5) is 0 Å². The summed E-state index contributed by atoms with van der Waals surface area (Å²) < 4.78 is 31.5. The molecule has 0 unspecified atom stereocenters. The lowest BCUT2D eigenvalue weighted by atomic mass is 10.1. The number of benzene rings is 1. The predicted molar refractivity (Wildman–Crippen MR) is 69.9 cm³/mol. The van der Waals surface area contributed by atoms with Crippen molar-refractivity contribution in [2.75, 3.05) is 13.7 Å². The number of carboxylic acids is 1. The third-order valence-electron chi connectivity index (χ3n) is 2.61. The Morgan fingerprint density at radius 1 is 1.32 bits per heavy atom. The van der Waals surface area contributed by atoms with E-state index in [1.54, 1.807) is 19.9 Å². The first-order chi connectivity index (χ1) is 8.77. The van der Waals surface area contributed by atoms with E-state index in [1.807, 2.05) is 0 Å². The largest absolute Gasteiger partial charge is 0.496 e. The van der Waals surface area contributed by atoms with Gasteiger partial charge in [0.1, 0.15) is 5.75 Å². The third kappa shape index (κ3) is 3.93. The Morgan fingerprint density at radius 2 is 1.95 bits per heavy atom. The lowest BCUT2D eigenvalue weighted by molar-refractivity contribution is -0.136. The van der Waals surface area contributed by atoms with Crippen LogP contribution < -0.4 is 9.46 Å². The molecule has 19 heavy (non-hydrogen) atoms. The maximum Gasteiger partial charge on any atom is 0.304 e. The smallest absolute Gasteiger partial charge is 0.304 e. The second-order valence-corrected chi connectivity index (χ2v) is 5.86. The van der Waals surface area contributed by atoms with Crippen molar-refractivity contribution in [3.05, 3.63) is 23.3 Å². The molecule has 106 valence electrons. The monoisotopic (exact) mass is 287 g/mol. The van der Waals surface area contributed by atoms with Gasteiger partial charge in [0.05, 0.1) is 18.4 Å². The number of rotatable bonds is 6. The Hall–Kier alpha value is -1.60. The number of ether oxygens (including phenoxy) is 1. The fourth-order valence-corrected chi connectivity index (χ4v) is 2.98. The molecular formula is C12H17NO5S. The van der Waals surface area contributed by atoms with Gasteiger partial charge in [-0.1, -0.05) is 0 Å². The molecule has 6 nitrogen and oxygen atoms in total. The van der Waals surface area contributed by atoms with Gasteiger partial charge in [0.25, 0.3) is 0 Å². The van der Waals surface area contributed by atoms with E-state index in [4.69, 9.17) is 9.84 Å². The highest BCUT2D eigenvalue weighted by atomic mass is 32.2. The van der Waals surface area contributed by atoms with Crippen LogP contribution in [0.2, 0.25) is 0 Å². The van der Waals surface area contributed by atoms with Crippen LogP contribution >= 0.6 is 0 Å². The number of hydrogen-bond donors (Lipinski definition) is 2. The minimum Gasteiger partial charge on any atom is -0.496 e. The molecule has 1 rings (SSSR count). The summed E-state index contributed by atoms with van der Waals surface area (Å²) in [5, 5.41) is 8.50. The summed E-state index contributed by atoms with van der Waals surface area (Å²) in [7, 11) is -2.19. The highest BCUT2D eigenvalue weighted by molar-refractivity contribution is 7.89. The number of aryl methyl sites for hydroxylation is 2. The van der Waals surface area contributed by atoms with Crippen LogP contribution in [0.3, 0.4) is 0 Å². The highest BCUT2D eigenvalue weighted by Crippen LogP contribution is 2.25. The quantitative estimate of drug-likeness (QED) is 0.816. The van der Waals surface area contributed by atoms with Crippen molar-refractivity contribution in [1.29, 1.82) is 0 Å². The van der Waals surface area contributed by atoms with Crippen molar-refractivity contribution in [3.8, 4) is 5.75 Å². The van der Waals surface area contributed by atoms with Gasteiger partial charge in [0.2, 0.25) is 10.0 Å². The SMILES string of the molecule is COc1cc(C)c(S(=O)(=O)NCCC(=O)O)cc1C. The first-order valence-corrected chi connectivity index (χ1v) is 7.13. The minimum atomic E-state index is -3.70. The van der Waals surface area contributed by atoms with Crippen molar-refractivity contribution in [1.82, 2.24) is 4.72 Å². The van der Waals surface area contributed by atoms with Crippen LogP contribution in [0.5, 0.6) is 5.75 Å². The average Bonchev–Trinajstić information content (AvgIpc) is 2.30. The Balaban J connectivity index is 3.01. The van der Waals surface area contributed by atoms with E-state index >= 15 is 0 Å². The van der Waals surface area contributed by atoms with Gasteiger partial charge in [0.15, 0.2) is 0 Å². The molecule has 0 aromatic heterocycles. The zero-order chi connectivity index (χ0) is 14.6. The van der Waals surface area contributed by atoms with Crippen molar-refractivity contribution in [2.45, 2.75) is 25.2 Å². The number of aliphatic carboxylic acids is 1. The molecule has 0 atom stereocenters. The maximum absolute atomic E-state index is 12.0. The molecule has 0 aliphatic rings. The Bertz CT molecular complexity index is 580. The van der Waals surface area contributed by atoms with Gasteiger partial charge in [-0.05, 0) is 37.1 Å². The highest BCUT2D eigenvalue weighted by Gasteiger charge is 2.18. The Labute approximate surface area is 112 Å². The molecule has 0 aliphatic carbocycles. The number of carbonyl (C=O) groups is 1. The summed E-state index contributed by atoms with van der Waals surface area (Å²) in [5.41, 5.74) is 1.25. The number of nitrogens with one attached hydrogen (secondary N) is 1. The normalized spacial score (nSPS) is 11.3. The maximum atomic E-state index is 12.0.